The van der Waals surface area contributed by atoms with Crippen molar-refractivity contribution in [2.45, 2.75) is 26.3 Å². The lowest BCUT2D eigenvalue weighted by Gasteiger charge is -2.35. The monoisotopic (exact) mass is 504 g/mol. The predicted molar refractivity (Wildman–Crippen MR) is 134 cm³/mol. The molecule has 2 heterocycles. The third-order valence-corrected chi connectivity index (χ3v) is 5.18. The molecule has 0 radical (unpaired) electrons. The summed E-state index contributed by atoms with van der Waals surface area (Å²) < 4.78 is 0. The first-order chi connectivity index (χ1) is 14.0. The van der Waals surface area contributed by atoms with Gasteiger partial charge in [-0.15, -0.1) is 37.2 Å². The molecule has 2 aromatic rings. The lowest BCUT2D eigenvalue weighted by atomic mass is 10.1. The molecule has 1 aliphatic rings. The molecule has 8 nitrogen and oxygen atoms in total. The van der Waals surface area contributed by atoms with E-state index in [2.05, 4.69) is 39.5 Å². The van der Waals surface area contributed by atoms with Gasteiger partial charge in [-0.3, -0.25) is 15.2 Å². The highest BCUT2D eigenvalue weighted by Gasteiger charge is 2.18. The number of carbonyl (C=O) groups is 2. The number of aromatic nitrogens is 1. The van der Waals surface area contributed by atoms with Crippen molar-refractivity contribution in [1.82, 2.24) is 20.6 Å². The van der Waals surface area contributed by atoms with Crippen LogP contribution in [0.1, 0.15) is 23.7 Å². The molecule has 11 heteroatoms. The second-order valence-corrected chi connectivity index (χ2v) is 7.14. The highest BCUT2D eigenvalue weighted by Crippen LogP contribution is 2.16. The summed E-state index contributed by atoms with van der Waals surface area (Å²) in [4.78, 5) is 31.3. The summed E-state index contributed by atoms with van der Waals surface area (Å²) in [7, 11) is 0. The van der Waals surface area contributed by atoms with Crippen LogP contribution in [0, 0.1) is 0 Å². The Morgan fingerprint density at radius 1 is 0.938 bits per heavy atom. The first kappa shape index (κ1) is 29.7. The van der Waals surface area contributed by atoms with Gasteiger partial charge in [0.2, 0.25) is 5.91 Å². The van der Waals surface area contributed by atoms with E-state index in [1.165, 1.54) is 5.56 Å². The van der Waals surface area contributed by atoms with Crippen LogP contribution in [0.5, 0.6) is 0 Å². The SMILES string of the molecule is CC(=O)N1CCN(c2ccc(CCc3ccc(CNC(=O)NN)cc3)nc2)CC1.Cl.Cl.Cl. The zero-order chi connectivity index (χ0) is 20.6. The molecule has 178 valence electrons. The van der Waals surface area contributed by atoms with E-state index < -0.39 is 6.03 Å². The Morgan fingerprint density at radius 2 is 1.56 bits per heavy atom. The van der Waals surface area contributed by atoms with Gasteiger partial charge in [0, 0.05) is 45.3 Å². The Hall–Kier alpha value is -2.26. The zero-order valence-corrected chi connectivity index (χ0v) is 20.4. The average Bonchev–Trinajstić information content (AvgIpc) is 2.77. The number of amides is 3. The fourth-order valence-corrected chi connectivity index (χ4v) is 3.36. The van der Waals surface area contributed by atoms with Gasteiger partial charge in [0.25, 0.3) is 0 Å². The van der Waals surface area contributed by atoms with E-state index in [1.807, 2.05) is 28.7 Å². The standard InChI is InChI=1S/C21H28N6O2.3ClH/c1-16(28)26-10-12-27(13-11-26)20-9-8-19(23-15-20)7-6-17-2-4-18(5-3-17)14-24-21(29)25-22;;;/h2-5,8-9,15H,6-7,10-14,22H2,1H3,(H2,24,25,29);3*1H. The zero-order valence-electron chi connectivity index (χ0n) is 18.0. The maximum Gasteiger partial charge on any atom is 0.329 e. The van der Waals surface area contributed by atoms with Crippen molar-refractivity contribution >= 4 is 54.8 Å². The molecule has 0 atom stereocenters. The summed E-state index contributed by atoms with van der Waals surface area (Å²) in [5.41, 5.74) is 6.45. The molecule has 3 amide bonds. The number of hydrazine groups is 1. The number of nitrogens with two attached hydrogens (primary N) is 1. The molecule has 0 spiro atoms. The van der Waals surface area contributed by atoms with Crippen molar-refractivity contribution in [3.63, 3.8) is 0 Å². The number of piperazine rings is 1. The lowest BCUT2D eigenvalue weighted by Crippen LogP contribution is -2.48. The first-order valence-electron chi connectivity index (χ1n) is 9.83. The number of hydrogen-bond acceptors (Lipinski definition) is 5. The van der Waals surface area contributed by atoms with Gasteiger partial charge in [0.15, 0.2) is 0 Å². The van der Waals surface area contributed by atoms with Crippen LogP contribution in [-0.2, 0) is 24.2 Å². The Kier molecular flexibility index (Phi) is 13.7. The van der Waals surface area contributed by atoms with Gasteiger partial charge in [-0.05, 0) is 36.1 Å². The maximum absolute atomic E-state index is 11.4. The number of urea groups is 1. The van der Waals surface area contributed by atoms with Crippen molar-refractivity contribution in [3.05, 3.63) is 59.4 Å². The largest absolute Gasteiger partial charge is 0.367 e. The van der Waals surface area contributed by atoms with E-state index in [-0.39, 0.29) is 43.1 Å². The van der Waals surface area contributed by atoms with Gasteiger partial charge in [0.05, 0.1) is 11.9 Å². The minimum Gasteiger partial charge on any atom is -0.367 e. The minimum atomic E-state index is -0.399. The third kappa shape index (κ3) is 8.70. The molecule has 1 saturated heterocycles. The van der Waals surface area contributed by atoms with Crippen molar-refractivity contribution in [2.24, 2.45) is 5.84 Å². The highest BCUT2D eigenvalue weighted by atomic mass is 35.5. The first-order valence-corrected chi connectivity index (χ1v) is 9.83. The van der Waals surface area contributed by atoms with Gasteiger partial charge in [-0.1, -0.05) is 24.3 Å². The number of nitrogens with one attached hydrogen (secondary N) is 2. The number of benzene rings is 1. The quantitative estimate of drug-likeness (QED) is 0.318. The number of rotatable bonds is 6. The van der Waals surface area contributed by atoms with Crippen LogP contribution in [0.3, 0.4) is 0 Å². The van der Waals surface area contributed by atoms with Crippen LogP contribution < -0.4 is 21.5 Å². The highest BCUT2D eigenvalue weighted by molar-refractivity contribution is 5.86. The van der Waals surface area contributed by atoms with E-state index in [9.17, 15) is 9.59 Å². The average molecular weight is 506 g/mol. The molecular weight excluding hydrogens is 475 g/mol. The van der Waals surface area contributed by atoms with Gasteiger partial charge >= 0.3 is 6.03 Å². The molecule has 32 heavy (non-hydrogen) atoms. The summed E-state index contributed by atoms with van der Waals surface area (Å²) in [6.45, 7) is 5.27. The van der Waals surface area contributed by atoms with Gasteiger partial charge in [-0.25, -0.2) is 10.6 Å². The Morgan fingerprint density at radius 3 is 2.09 bits per heavy atom. The number of nitrogens with zero attached hydrogens (tertiary/aromatic N) is 3. The second kappa shape index (κ2) is 14.7. The van der Waals surface area contributed by atoms with Crippen LogP contribution in [-0.4, -0.2) is 48.0 Å². The fraction of sp³-hybridized carbons (Fsp3) is 0.381. The molecule has 1 aromatic heterocycles. The summed E-state index contributed by atoms with van der Waals surface area (Å²) in [6, 6.07) is 11.9. The number of carbonyl (C=O) groups excluding carboxylic acids is 2. The molecule has 1 aromatic carbocycles. The molecule has 3 rings (SSSR count). The molecule has 0 aliphatic carbocycles. The van der Waals surface area contributed by atoms with E-state index in [1.54, 1.807) is 6.92 Å². The Balaban J connectivity index is 0.00000320. The van der Waals surface area contributed by atoms with E-state index >= 15 is 0 Å². The smallest absolute Gasteiger partial charge is 0.329 e. The number of halogens is 3. The molecule has 4 N–H and O–H groups in total. The summed E-state index contributed by atoms with van der Waals surface area (Å²) >= 11 is 0. The Labute approximate surface area is 207 Å². The number of anilines is 1. The predicted octanol–water partition coefficient (Wildman–Crippen LogP) is 2.47. The van der Waals surface area contributed by atoms with Crippen LogP contribution >= 0.6 is 37.2 Å². The number of pyridine rings is 1. The molecule has 0 saturated carbocycles. The van der Waals surface area contributed by atoms with Crippen molar-refractivity contribution in [3.8, 4) is 0 Å². The summed E-state index contributed by atoms with van der Waals surface area (Å²) in [6.07, 6.45) is 3.70. The normalized spacial score (nSPS) is 12.6. The van der Waals surface area contributed by atoms with Gasteiger partial charge < -0.3 is 15.1 Å². The lowest BCUT2D eigenvalue weighted by molar-refractivity contribution is -0.129. The molecule has 0 bridgehead atoms. The molecule has 0 unspecified atom stereocenters. The minimum absolute atomic E-state index is 0. The molecular formula is C21H31Cl3N6O2. The number of aryl methyl sites for hydroxylation is 2. The fourth-order valence-electron chi connectivity index (χ4n) is 3.36. The number of hydrogen-bond donors (Lipinski definition) is 3. The second-order valence-electron chi connectivity index (χ2n) is 7.14. The van der Waals surface area contributed by atoms with Crippen LogP contribution in [0.4, 0.5) is 10.5 Å². The van der Waals surface area contributed by atoms with Crippen molar-refractivity contribution in [2.75, 3.05) is 31.1 Å². The van der Waals surface area contributed by atoms with Crippen LogP contribution in [0.15, 0.2) is 42.6 Å². The van der Waals surface area contributed by atoms with Crippen molar-refractivity contribution < 1.29 is 9.59 Å². The molecule has 1 fully saturated rings. The maximum atomic E-state index is 11.4. The Bertz CT molecular complexity index is 828. The summed E-state index contributed by atoms with van der Waals surface area (Å²) in [5, 5.41) is 2.66. The summed E-state index contributed by atoms with van der Waals surface area (Å²) in [5.74, 6) is 5.18. The van der Waals surface area contributed by atoms with E-state index in [0.29, 0.717) is 6.54 Å². The van der Waals surface area contributed by atoms with E-state index in [4.69, 9.17) is 5.84 Å². The van der Waals surface area contributed by atoms with Crippen molar-refractivity contribution in [1.29, 1.82) is 0 Å². The van der Waals surface area contributed by atoms with Crippen LogP contribution in [0.2, 0.25) is 0 Å². The topological polar surface area (TPSA) is 104 Å². The van der Waals surface area contributed by atoms with Gasteiger partial charge in [0.1, 0.15) is 0 Å². The van der Waals surface area contributed by atoms with Gasteiger partial charge in [-0.2, -0.15) is 0 Å². The van der Waals surface area contributed by atoms with E-state index in [0.717, 1.165) is 56.0 Å². The third-order valence-electron chi connectivity index (χ3n) is 5.18. The van der Waals surface area contributed by atoms with Crippen LogP contribution in [0.25, 0.3) is 0 Å². The molecule has 1 aliphatic heterocycles.